The van der Waals surface area contributed by atoms with Crippen molar-refractivity contribution in [3.8, 4) is 11.5 Å². The van der Waals surface area contributed by atoms with Gasteiger partial charge in [-0.15, -0.1) is 0 Å². The van der Waals surface area contributed by atoms with Crippen LogP contribution in [0.15, 0.2) is 85.5 Å². The largest absolute Gasteiger partial charge is 0.494 e. The van der Waals surface area contributed by atoms with Gasteiger partial charge in [0.1, 0.15) is 11.5 Å². The first-order chi connectivity index (χ1) is 17.5. The molecule has 0 amide bonds. The normalized spacial score (nSPS) is 11.5. The second-order valence-electron chi connectivity index (χ2n) is 8.44. The monoisotopic (exact) mass is 508 g/mol. The van der Waals surface area contributed by atoms with Gasteiger partial charge < -0.3 is 19.3 Å². The third-order valence-electron chi connectivity index (χ3n) is 5.67. The van der Waals surface area contributed by atoms with Crippen molar-refractivity contribution >= 4 is 17.6 Å². The van der Waals surface area contributed by atoms with Crippen LogP contribution in [0, 0.1) is 0 Å². The van der Waals surface area contributed by atoms with E-state index in [1.54, 1.807) is 12.1 Å². The zero-order valence-electron chi connectivity index (χ0n) is 20.4. The van der Waals surface area contributed by atoms with Gasteiger partial charge in [0.05, 0.1) is 13.2 Å². The first-order valence-corrected chi connectivity index (χ1v) is 12.6. The molecular weight excluding hydrogens is 476 g/mol. The molecule has 0 saturated carbocycles. The number of carbonyl (C=O) groups excluding carboxylic acids is 1. The van der Waals surface area contributed by atoms with Gasteiger partial charge in [0, 0.05) is 16.7 Å². The van der Waals surface area contributed by atoms with Crippen molar-refractivity contribution in [2.24, 2.45) is 0 Å². The van der Waals surface area contributed by atoms with Gasteiger partial charge in [-0.2, -0.15) is 0 Å². The summed E-state index contributed by atoms with van der Waals surface area (Å²) in [6.45, 7) is 4.40. The first kappa shape index (κ1) is 27.3. The highest BCUT2D eigenvalue weighted by Crippen LogP contribution is 2.23. The Morgan fingerprint density at radius 1 is 0.806 bits per heavy atom. The number of hydrogen-bond donors (Lipinski definition) is 1. The molecule has 0 heterocycles. The number of benzene rings is 3. The Labute approximate surface area is 218 Å². The smallest absolute Gasteiger partial charge is 0.330 e. The molecule has 5 nitrogen and oxygen atoms in total. The van der Waals surface area contributed by atoms with Crippen LogP contribution in [0.3, 0.4) is 0 Å². The molecule has 3 rings (SSSR count). The SMILES string of the molecule is C=CC(=O)OCCCCCCOc1ccc(C(O)Oc2ccc(CCc3ccc(Cl)cc3)cc2)cc1. The first-order valence-electron chi connectivity index (χ1n) is 12.2. The lowest BCUT2D eigenvalue weighted by molar-refractivity contribution is -0.137. The minimum absolute atomic E-state index is 0.378. The zero-order chi connectivity index (χ0) is 25.6. The molecule has 0 aliphatic rings. The third-order valence-corrected chi connectivity index (χ3v) is 5.92. The van der Waals surface area contributed by atoms with E-state index in [9.17, 15) is 9.90 Å². The standard InChI is InChI=1S/C30H33ClO5/c1-2-29(32)35-22-6-4-3-5-21-34-27-19-13-25(14-20-27)30(33)36-28-17-11-24(12-18-28)8-7-23-9-15-26(31)16-10-23/h2,9-20,30,33H,1,3-8,21-22H2. The molecule has 0 aromatic heterocycles. The number of hydrogen-bond acceptors (Lipinski definition) is 5. The van der Waals surface area contributed by atoms with E-state index in [2.05, 4.69) is 6.58 Å². The number of ether oxygens (including phenoxy) is 3. The Balaban J connectivity index is 1.34. The van der Waals surface area contributed by atoms with Gasteiger partial charge in [-0.05, 0) is 98.2 Å². The van der Waals surface area contributed by atoms with Gasteiger partial charge in [0.15, 0.2) is 0 Å². The van der Waals surface area contributed by atoms with E-state index in [1.165, 1.54) is 17.2 Å². The Bertz CT molecular complexity index is 1060. The van der Waals surface area contributed by atoms with E-state index < -0.39 is 6.29 Å². The molecule has 3 aromatic carbocycles. The fourth-order valence-corrected chi connectivity index (χ4v) is 3.71. The second-order valence-corrected chi connectivity index (χ2v) is 8.88. The molecule has 0 aliphatic carbocycles. The predicted molar refractivity (Wildman–Crippen MR) is 142 cm³/mol. The Hall–Kier alpha value is -3.28. The Morgan fingerprint density at radius 2 is 1.36 bits per heavy atom. The maximum Gasteiger partial charge on any atom is 0.330 e. The molecular formula is C30H33ClO5. The summed E-state index contributed by atoms with van der Waals surface area (Å²) in [5.74, 6) is 0.977. The molecule has 1 N–H and O–H groups in total. The summed E-state index contributed by atoms with van der Waals surface area (Å²) in [4.78, 5) is 11.0. The maximum absolute atomic E-state index is 11.0. The summed E-state index contributed by atoms with van der Waals surface area (Å²) in [5.41, 5.74) is 3.10. The van der Waals surface area contributed by atoms with E-state index >= 15 is 0 Å². The van der Waals surface area contributed by atoms with Gasteiger partial charge in [-0.3, -0.25) is 0 Å². The van der Waals surface area contributed by atoms with Gasteiger partial charge in [-0.1, -0.05) is 42.4 Å². The minimum Gasteiger partial charge on any atom is -0.494 e. The molecule has 0 aliphatic heterocycles. The summed E-state index contributed by atoms with van der Waals surface area (Å²) < 4.78 is 16.4. The Morgan fingerprint density at radius 3 is 1.97 bits per heavy atom. The van der Waals surface area contributed by atoms with Crippen molar-refractivity contribution in [3.63, 3.8) is 0 Å². The van der Waals surface area contributed by atoms with Crippen molar-refractivity contribution in [2.75, 3.05) is 13.2 Å². The van der Waals surface area contributed by atoms with Crippen molar-refractivity contribution in [2.45, 2.75) is 44.8 Å². The highest BCUT2D eigenvalue weighted by molar-refractivity contribution is 6.30. The van der Waals surface area contributed by atoms with Crippen LogP contribution in [-0.4, -0.2) is 24.3 Å². The molecule has 3 aromatic rings. The lowest BCUT2D eigenvalue weighted by Crippen LogP contribution is -2.06. The van der Waals surface area contributed by atoms with Gasteiger partial charge in [-0.25, -0.2) is 4.79 Å². The van der Waals surface area contributed by atoms with E-state index in [-0.39, 0.29) is 5.97 Å². The molecule has 0 spiro atoms. The summed E-state index contributed by atoms with van der Waals surface area (Å²) in [5, 5.41) is 11.2. The molecule has 190 valence electrons. The van der Waals surface area contributed by atoms with Crippen LogP contribution in [0.5, 0.6) is 11.5 Å². The molecule has 6 heteroatoms. The van der Waals surface area contributed by atoms with Crippen molar-refractivity contribution < 1.29 is 24.1 Å². The number of carbonyl (C=O) groups is 1. The van der Waals surface area contributed by atoms with Crippen LogP contribution >= 0.6 is 11.6 Å². The van der Waals surface area contributed by atoms with Crippen LogP contribution in [0.4, 0.5) is 0 Å². The van der Waals surface area contributed by atoms with Crippen LogP contribution in [-0.2, 0) is 22.4 Å². The number of aryl methyl sites for hydroxylation is 2. The average Bonchev–Trinajstić information content (AvgIpc) is 2.90. The topological polar surface area (TPSA) is 65.0 Å². The summed E-state index contributed by atoms with van der Waals surface area (Å²) in [6.07, 6.45) is 5.67. The highest BCUT2D eigenvalue weighted by atomic mass is 35.5. The molecule has 0 bridgehead atoms. The number of rotatable bonds is 15. The number of halogens is 1. The maximum atomic E-state index is 11.0. The summed E-state index contributed by atoms with van der Waals surface area (Å²) in [6, 6.07) is 22.9. The summed E-state index contributed by atoms with van der Waals surface area (Å²) in [7, 11) is 0. The fraction of sp³-hybridized carbons (Fsp3) is 0.300. The van der Waals surface area contributed by atoms with Crippen LogP contribution in [0.25, 0.3) is 0 Å². The lowest BCUT2D eigenvalue weighted by Gasteiger charge is -2.15. The van der Waals surface area contributed by atoms with Crippen molar-refractivity contribution in [3.05, 3.63) is 107 Å². The fourth-order valence-electron chi connectivity index (χ4n) is 3.58. The highest BCUT2D eigenvalue weighted by Gasteiger charge is 2.10. The van der Waals surface area contributed by atoms with E-state index in [4.69, 9.17) is 25.8 Å². The quantitative estimate of drug-likeness (QED) is 0.105. The molecule has 36 heavy (non-hydrogen) atoms. The third kappa shape index (κ3) is 9.76. The number of aliphatic hydroxyl groups is 1. The van der Waals surface area contributed by atoms with Crippen LogP contribution < -0.4 is 9.47 Å². The second kappa shape index (κ2) is 15.0. The number of aliphatic hydroxyl groups excluding tert-OH is 1. The van der Waals surface area contributed by atoms with Crippen molar-refractivity contribution in [1.29, 1.82) is 0 Å². The number of esters is 1. The lowest BCUT2D eigenvalue weighted by atomic mass is 10.0. The molecule has 0 saturated heterocycles. The Kier molecular flexibility index (Phi) is 11.4. The van der Waals surface area contributed by atoms with Crippen molar-refractivity contribution in [1.82, 2.24) is 0 Å². The molecule has 0 fully saturated rings. The molecule has 1 unspecified atom stereocenters. The average molecular weight is 509 g/mol. The van der Waals surface area contributed by atoms with Crippen LogP contribution in [0.2, 0.25) is 5.02 Å². The predicted octanol–water partition coefficient (Wildman–Crippen LogP) is 6.86. The van der Waals surface area contributed by atoms with E-state index in [0.717, 1.165) is 49.3 Å². The number of unbranched alkanes of at least 4 members (excludes halogenated alkanes) is 3. The van der Waals surface area contributed by atoms with Crippen LogP contribution in [0.1, 0.15) is 48.7 Å². The summed E-state index contributed by atoms with van der Waals surface area (Å²) >= 11 is 5.94. The van der Waals surface area contributed by atoms with Gasteiger partial charge in [0.2, 0.25) is 6.29 Å². The molecule has 0 radical (unpaired) electrons. The minimum atomic E-state index is -1.06. The van der Waals surface area contributed by atoms with Gasteiger partial charge in [0.25, 0.3) is 0 Å². The zero-order valence-corrected chi connectivity index (χ0v) is 21.2. The van der Waals surface area contributed by atoms with Gasteiger partial charge >= 0.3 is 5.97 Å². The van der Waals surface area contributed by atoms with E-state index in [1.807, 2.05) is 60.7 Å². The van der Waals surface area contributed by atoms with E-state index in [0.29, 0.717) is 24.5 Å². The molecule has 1 atom stereocenters.